The zero-order chi connectivity index (χ0) is 20.2. The zero-order valence-electron chi connectivity index (χ0n) is 16.6. The lowest BCUT2D eigenvalue weighted by Gasteiger charge is -2.33. The molecule has 152 valence electrons. The minimum absolute atomic E-state index is 0.161. The molecule has 1 heterocycles. The molecule has 0 saturated carbocycles. The van der Waals surface area contributed by atoms with Crippen molar-refractivity contribution in [3.8, 4) is 11.5 Å². The zero-order valence-corrected chi connectivity index (χ0v) is 17.4. The average Bonchev–Trinajstić information content (AvgIpc) is 2.67. The molecule has 0 unspecified atom stereocenters. The fourth-order valence-electron chi connectivity index (χ4n) is 3.18. The van der Waals surface area contributed by atoms with Crippen LogP contribution in [0.25, 0.3) is 0 Å². The fourth-order valence-corrected chi connectivity index (χ4v) is 4.37. The third-order valence-electron chi connectivity index (χ3n) is 4.80. The van der Waals surface area contributed by atoms with Gasteiger partial charge in [-0.25, -0.2) is 0 Å². The van der Waals surface area contributed by atoms with E-state index >= 15 is 0 Å². The van der Waals surface area contributed by atoms with Crippen LogP contribution in [0.3, 0.4) is 0 Å². The van der Waals surface area contributed by atoms with E-state index in [-0.39, 0.29) is 24.4 Å². The summed E-state index contributed by atoms with van der Waals surface area (Å²) in [5, 5.41) is 2.98. The predicted molar refractivity (Wildman–Crippen MR) is 103 cm³/mol. The van der Waals surface area contributed by atoms with E-state index < -0.39 is 10.2 Å². The molecule has 1 N–H and O–H groups in total. The predicted octanol–water partition coefficient (Wildman–Crippen LogP) is 1.40. The van der Waals surface area contributed by atoms with E-state index in [2.05, 4.69) is 5.32 Å². The molecule has 1 aliphatic heterocycles. The van der Waals surface area contributed by atoms with Gasteiger partial charge in [-0.15, -0.1) is 0 Å². The summed E-state index contributed by atoms with van der Waals surface area (Å²) in [5.41, 5.74) is 0.804. The molecule has 8 nitrogen and oxygen atoms in total. The maximum absolute atomic E-state index is 12.8. The number of hydrogen-bond acceptors (Lipinski definition) is 5. The Morgan fingerprint density at radius 2 is 2.00 bits per heavy atom. The number of benzene rings is 1. The van der Waals surface area contributed by atoms with Gasteiger partial charge in [-0.2, -0.15) is 17.0 Å². The lowest BCUT2D eigenvalue weighted by Crippen LogP contribution is -2.49. The first kappa shape index (κ1) is 21.5. The summed E-state index contributed by atoms with van der Waals surface area (Å²) >= 11 is 0. The average molecular weight is 400 g/mol. The molecule has 0 bridgehead atoms. The van der Waals surface area contributed by atoms with Crippen molar-refractivity contribution in [1.29, 1.82) is 0 Å². The van der Waals surface area contributed by atoms with Crippen molar-refractivity contribution < 1.29 is 22.7 Å². The van der Waals surface area contributed by atoms with E-state index in [0.717, 1.165) is 5.56 Å². The Labute approximate surface area is 161 Å². The molecule has 1 fully saturated rings. The van der Waals surface area contributed by atoms with E-state index in [0.29, 0.717) is 30.9 Å². The topological polar surface area (TPSA) is 88.2 Å². The van der Waals surface area contributed by atoms with E-state index in [1.165, 1.54) is 22.7 Å². The molecule has 0 aliphatic carbocycles. The summed E-state index contributed by atoms with van der Waals surface area (Å²) in [7, 11) is 2.63. The summed E-state index contributed by atoms with van der Waals surface area (Å²) < 4.78 is 37.9. The maximum atomic E-state index is 12.8. The number of methoxy groups -OCH3 is 2. The van der Waals surface area contributed by atoms with Crippen LogP contribution in [0.4, 0.5) is 0 Å². The SMILES string of the molecule is COc1ccc(OC)c([C@H](C)NC(=O)[C@@H]2CCCN(S(=O)(=O)N(C)C)C2)c1. The number of carbonyl (C=O) groups is 1. The smallest absolute Gasteiger partial charge is 0.281 e. The Morgan fingerprint density at radius 3 is 2.59 bits per heavy atom. The van der Waals surface area contributed by atoms with E-state index in [4.69, 9.17) is 9.47 Å². The van der Waals surface area contributed by atoms with E-state index in [1.807, 2.05) is 13.0 Å². The molecule has 2 rings (SSSR count). The number of nitrogens with one attached hydrogen (secondary N) is 1. The Morgan fingerprint density at radius 1 is 1.30 bits per heavy atom. The summed E-state index contributed by atoms with van der Waals surface area (Å²) in [6.45, 7) is 2.49. The minimum atomic E-state index is -3.52. The van der Waals surface area contributed by atoms with Crippen LogP contribution in [0.1, 0.15) is 31.4 Å². The number of piperidine rings is 1. The lowest BCUT2D eigenvalue weighted by atomic mass is 9.97. The third-order valence-corrected chi connectivity index (χ3v) is 6.71. The highest BCUT2D eigenvalue weighted by molar-refractivity contribution is 7.86. The van der Waals surface area contributed by atoms with Crippen LogP contribution >= 0.6 is 0 Å². The molecule has 9 heteroatoms. The fraction of sp³-hybridized carbons (Fsp3) is 0.611. The van der Waals surface area contributed by atoms with E-state index in [1.54, 1.807) is 26.4 Å². The summed E-state index contributed by atoms with van der Waals surface area (Å²) in [4.78, 5) is 12.8. The second-order valence-corrected chi connectivity index (χ2v) is 8.97. The highest BCUT2D eigenvalue weighted by Crippen LogP contribution is 2.30. The summed E-state index contributed by atoms with van der Waals surface area (Å²) in [6, 6.07) is 5.11. The molecule has 1 aromatic rings. The van der Waals surface area contributed by atoms with Gasteiger partial charge in [-0.3, -0.25) is 4.79 Å². The first-order valence-corrected chi connectivity index (χ1v) is 10.3. The van der Waals surface area contributed by atoms with Crippen LogP contribution in [-0.4, -0.2) is 64.3 Å². The van der Waals surface area contributed by atoms with Gasteiger partial charge in [-0.05, 0) is 38.0 Å². The van der Waals surface area contributed by atoms with Crippen LogP contribution in [0.15, 0.2) is 18.2 Å². The van der Waals surface area contributed by atoms with Crippen LogP contribution in [0.2, 0.25) is 0 Å². The number of rotatable bonds is 7. The summed E-state index contributed by atoms with van der Waals surface area (Å²) in [6.07, 6.45) is 1.31. The Bertz CT molecular complexity index is 766. The number of carbonyl (C=O) groups excluding carboxylic acids is 1. The van der Waals surface area contributed by atoms with E-state index in [9.17, 15) is 13.2 Å². The highest BCUT2D eigenvalue weighted by atomic mass is 32.2. The van der Waals surface area contributed by atoms with Crippen molar-refractivity contribution >= 4 is 16.1 Å². The van der Waals surface area contributed by atoms with Gasteiger partial charge in [0.25, 0.3) is 10.2 Å². The normalized spacial score (nSPS) is 19.6. The van der Waals surface area contributed by atoms with Gasteiger partial charge < -0.3 is 14.8 Å². The molecule has 1 amide bonds. The second kappa shape index (κ2) is 8.90. The van der Waals surface area contributed by atoms with Gasteiger partial charge in [0.05, 0.1) is 26.2 Å². The third kappa shape index (κ3) is 4.91. The Kier molecular flexibility index (Phi) is 7.07. The molecule has 1 aliphatic rings. The van der Waals surface area contributed by atoms with Crippen molar-refractivity contribution in [3.05, 3.63) is 23.8 Å². The summed E-state index contributed by atoms with van der Waals surface area (Å²) in [5.74, 6) is 0.787. The molecule has 1 saturated heterocycles. The molecular formula is C18H29N3O5S. The van der Waals surface area contributed by atoms with Crippen molar-refractivity contribution in [2.45, 2.75) is 25.8 Å². The van der Waals surface area contributed by atoms with Crippen molar-refractivity contribution in [1.82, 2.24) is 13.9 Å². The van der Waals surface area contributed by atoms with Crippen LogP contribution in [0.5, 0.6) is 11.5 Å². The number of nitrogens with zero attached hydrogens (tertiary/aromatic N) is 2. The second-order valence-electron chi connectivity index (χ2n) is 6.83. The van der Waals surface area contributed by atoms with Gasteiger partial charge in [0.1, 0.15) is 11.5 Å². The number of hydrogen-bond donors (Lipinski definition) is 1. The monoisotopic (exact) mass is 399 g/mol. The Balaban J connectivity index is 2.10. The van der Waals surface area contributed by atoms with Gasteiger partial charge in [0.15, 0.2) is 0 Å². The van der Waals surface area contributed by atoms with Gasteiger partial charge >= 0.3 is 0 Å². The first-order valence-electron chi connectivity index (χ1n) is 8.90. The first-order chi connectivity index (χ1) is 12.7. The highest BCUT2D eigenvalue weighted by Gasteiger charge is 2.34. The molecule has 27 heavy (non-hydrogen) atoms. The molecular weight excluding hydrogens is 370 g/mol. The molecule has 0 spiro atoms. The van der Waals surface area contributed by atoms with Crippen LogP contribution < -0.4 is 14.8 Å². The number of ether oxygens (including phenoxy) is 2. The lowest BCUT2D eigenvalue weighted by molar-refractivity contribution is -0.126. The van der Waals surface area contributed by atoms with Crippen molar-refractivity contribution in [3.63, 3.8) is 0 Å². The Hall–Kier alpha value is -1.84. The largest absolute Gasteiger partial charge is 0.497 e. The van der Waals surface area contributed by atoms with Crippen LogP contribution in [0, 0.1) is 5.92 Å². The van der Waals surface area contributed by atoms with Crippen LogP contribution in [-0.2, 0) is 15.0 Å². The van der Waals surface area contributed by atoms with Crippen molar-refractivity contribution in [2.75, 3.05) is 41.4 Å². The quantitative estimate of drug-likeness (QED) is 0.749. The van der Waals surface area contributed by atoms with Crippen molar-refractivity contribution in [2.24, 2.45) is 5.92 Å². The van der Waals surface area contributed by atoms with Gasteiger partial charge in [-0.1, -0.05) is 0 Å². The minimum Gasteiger partial charge on any atom is -0.497 e. The van der Waals surface area contributed by atoms with Gasteiger partial charge in [0, 0.05) is 32.7 Å². The van der Waals surface area contributed by atoms with Gasteiger partial charge in [0.2, 0.25) is 5.91 Å². The molecule has 2 atom stereocenters. The number of amides is 1. The standard InChI is InChI=1S/C18H29N3O5S/c1-13(16-11-15(25-4)8-9-17(16)26-5)19-18(22)14-7-6-10-21(12-14)27(23,24)20(2)3/h8-9,11,13-14H,6-7,10,12H2,1-5H3,(H,19,22)/t13-,14+/m0/s1. The molecule has 0 aromatic heterocycles. The maximum Gasteiger partial charge on any atom is 0.281 e. The molecule has 0 radical (unpaired) electrons. The molecule has 1 aromatic carbocycles.